The third kappa shape index (κ3) is 0.540. The van der Waals surface area contributed by atoms with Crippen LogP contribution in [0.5, 0.6) is 0 Å². The molecule has 2 nitrogen and oxygen atoms in total. The van der Waals surface area contributed by atoms with Crippen molar-refractivity contribution in [3.05, 3.63) is 0 Å². The van der Waals surface area contributed by atoms with Gasteiger partial charge in [-0.15, -0.1) is 0 Å². The van der Waals surface area contributed by atoms with E-state index in [0.29, 0.717) is 17.7 Å². The fourth-order valence-corrected chi connectivity index (χ4v) is 3.84. The summed E-state index contributed by atoms with van der Waals surface area (Å²) in [5.74, 6) is 2.57. The number of amides is 1. The maximum atomic E-state index is 11.7. The maximum absolute atomic E-state index is 11.7. The van der Waals surface area contributed by atoms with Crippen molar-refractivity contribution in [2.75, 3.05) is 6.54 Å². The Kier molecular flexibility index (Phi) is 1.07. The number of rotatable bonds is 0. The quantitative estimate of drug-likeness (QED) is 0.573. The van der Waals surface area contributed by atoms with E-state index in [1.54, 1.807) is 0 Å². The van der Waals surface area contributed by atoms with Gasteiger partial charge in [-0.1, -0.05) is 6.92 Å². The SMILES string of the molecule is C[C@@]12C(=O)NC[C@@H]1[C@H]1CC[C@H]2C1. The summed E-state index contributed by atoms with van der Waals surface area (Å²) in [7, 11) is 0. The van der Waals surface area contributed by atoms with Crippen LogP contribution in [0.1, 0.15) is 26.2 Å². The minimum Gasteiger partial charge on any atom is -0.355 e. The maximum Gasteiger partial charge on any atom is 0.226 e. The molecular formula is C10H15NO. The van der Waals surface area contributed by atoms with Crippen molar-refractivity contribution in [1.82, 2.24) is 5.32 Å². The van der Waals surface area contributed by atoms with Crippen molar-refractivity contribution in [2.24, 2.45) is 23.2 Å². The first-order chi connectivity index (χ1) is 5.73. The van der Waals surface area contributed by atoms with Crippen LogP contribution in [0.3, 0.4) is 0 Å². The molecule has 1 heterocycles. The van der Waals surface area contributed by atoms with Crippen LogP contribution in [-0.4, -0.2) is 12.5 Å². The molecule has 0 aromatic carbocycles. The zero-order chi connectivity index (χ0) is 8.34. The lowest BCUT2D eigenvalue weighted by Crippen LogP contribution is -2.36. The van der Waals surface area contributed by atoms with Gasteiger partial charge in [-0.05, 0) is 37.0 Å². The summed E-state index contributed by atoms with van der Waals surface area (Å²) in [6, 6.07) is 0. The summed E-state index contributed by atoms with van der Waals surface area (Å²) in [6.45, 7) is 3.14. The second-order valence-corrected chi connectivity index (χ2v) is 4.87. The highest BCUT2D eigenvalue weighted by atomic mass is 16.2. The van der Waals surface area contributed by atoms with E-state index in [4.69, 9.17) is 0 Å². The Balaban J connectivity index is 2.06. The molecule has 4 atom stereocenters. The lowest BCUT2D eigenvalue weighted by molar-refractivity contribution is -0.130. The van der Waals surface area contributed by atoms with Gasteiger partial charge in [0.05, 0.1) is 5.41 Å². The van der Waals surface area contributed by atoms with Crippen molar-refractivity contribution < 1.29 is 4.79 Å². The number of fused-ring (bicyclic) bond motifs is 5. The van der Waals surface area contributed by atoms with Crippen molar-refractivity contribution in [2.45, 2.75) is 26.2 Å². The molecule has 1 N–H and O–H groups in total. The third-order valence-corrected chi connectivity index (χ3v) is 4.63. The van der Waals surface area contributed by atoms with Crippen LogP contribution < -0.4 is 5.32 Å². The van der Waals surface area contributed by atoms with Crippen molar-refractivity contribution in [3.8, 4) is 0 Å². The van der Waals surface area contributed by atoms with Gasteiger partial charge in [0.2, 0.25) is 5.91 Å². The summed E-state index contributed by atoms with van der Waals surface area (Å²) in [5.41, 5.74) is 0.0307. The molecule has 1 aliphatic heterocycles. The van der Waals surface area contributed by atoms with Gasteiger partial charge >= 0.3 is 0 Å². The van der Waals surface area contributed by atoms with Crippen LogP contribution in [0.4, 0.5) is 0 Å². The molecule has 0 radical (unpaired) electrons. The molecule has 2 heteroatoms. The van der Waals surface area contributed by atoms with Gasteiger partial charge in [0.1, 0.15) is 0 Å². The summed E-state index contributed by atoms with van der Waals surface area (Å²) < 4.78 is 0. The predicted molar refractivity (Wildman–Crippen MR) is 45.4 cm³/mol. The largest absolute Gasteiger partial charge is 0.355 e. The highest BCUT2D eigenvalue weighted by Gasteiger charge is 2.61. The molecule has 1 saturated heterocycles. The molecule has 0 unspecified atom stereocenters. The van der Waals surface area contributed by atoms with E-state index in [1.807, 2.05) is 0 Å². The normalized spacial score (nSPS) is 55.8. The van der Waals surface area contributed by atoms with Crippen molar-refractivity contribution in [1.29, 1.82) is 0 Å². The Morgan fingerprint density at radius 2 is 2.33 bits per heavy atom. The third-order valence-electron chi connectivity index (χ3n) is 4.63. The van der Waals surface area contributed by atoms with Gasteiger partial charge in [-0.2, -0.15) is 0 Å². The summed E-state index contributed by atoms with van der Waals surface area (Å²) >= 11 is 0. The Bertz CT molecular complexity index is 250. The Labute approximate surface area is 72.7 Å². The fourth-order valence-electron chi connectivity index (χ4n) is 3.84. The molecule has 3 fully saturated rings. The number of nitrogens with one attached hydrogen (secondary N) is 1. The molecule has 3 rings (SSSR count). The summed E-state index contributed by atoms with van der Waals surface area (Å²) in [5, 5.41) is 3.02. The second-order valence-electron chi connectivity index (χ2n) is 4.87. The highest BCUT2D eigenvalue weighted by molar-refractivity contribution is 5.86. The van der Waals surface area contributed by atoms with E-state index >= 15 is 0 Å². The molecule has 0 aromatic heterocycles. The lowest BCUT2D eigenvalue weighted by Gasteiger charge is -2.32. The number of hydrogen-bond donors (Lipinski definition) is 1. The Morgan fingerprint density at radius 3 is 3.08 bits per heavy atom. The fraction of sp³-hybridized carbons (Fsp3) is 0.900. The molecule has 1 amide bonds. The van der Waals surface area contributed by atoms with Crippen molar-refractivity contribution in [3.63, 3.8) is 0 Å². The molecule has 12 heavy (non-hydrogen) atoms. The van der Waals surface area contributed by atoms with Gasteiger partial charge in [0, 0.05) is 6.54 Å². The van der Waals surface area contributed by atoms with Crippen LogP contribution in [0.25, 0.3) is 0 Å². The molecule has 0 aromatic rings. The van der Waals surface area contributed by atoms with E-state index in [2.05, 4.69) is 12.2 Å². The van der Waals surface area contributed by atoms with E-state index in [0.717, 1.165) is 12.5 Å². The minimum atomic E-state index is 0.0307. The second kappa shape index (κ2) is 1.86. The number of hydrogen-bond acceptors (Lipinski definition) is 1. The minimum absolute atomic E-state index is 0.0307. The average Bonchev–Trinajstić information content (AvgIpc) is 2.65. The summed E-state index contributed by atoms with van der Waals surface area (Å²) in [6.07, 6.45) is 4.00. The van der Waals surface area contributed by atoms with Crippen LogP contribution in [0, 0.1) is 23.2 Å². The van der Waals surface area contributed by atoms with E-state index in [-0.39, 0.29) is 5.41 Å². The molecule has 2 bridgehead atoms. The average molecular weight is 165 g/mol. The molecule has 2 saturated carbocycles. The van der Waals surface area contributed by atoms with Crippen LogP contribution in [-0.2, 0) is 4.79 Å². The van der Waals surface area contributed by atoms with Gasteiger partial charge in [0.15, 0.2) is 0 Å². The van der Waals surface area contributed by atoms with E-state index in [9.17, 15) is 4.79 Å². The van der Waals surface area contributed by atoms with Gasteiger partial charge in [-0.3, -0.25) is 4.79 Å². The highest BCUT2D eigenvalue weighted by Crippen LogP contribution is 2.61. The molecule has 2 aliphatic carbocycles. The van der Waals surface area contributed by atoms with Gasteiger partial charge in [-0.25, -0.2) is 0 Å². The number of carbonyl (C=O) groups is 1. The zero-order valence-corrected chi connectivity index (χ0v) is 7.47. The van der Waals surface area contributed by atoms with E-state index < -0.39 is 0 Å². The first-order valence-electron chi connectivity index (χ1n) is 5.01. The van der Waals surface area contributed by atoms with Crippen LogP contribution in [0.15, 0.2) is 0 Å². The smallest absolute Gasteiger partial charge is 0.226 e. The van der Waals surface area contributed by atoms with Crippen LogP contribution in [0.2, 0.25) is 0 Å². The van der Waals surface area contributed by atoms with Crippen molar-refractivity contribution >= 4 is 5.91 Å². The van der Waals surface area contributed by atoms with Crippen LogP contribution >= 0.6 is 0 Å². The molecule has 3 aliphatic rings. The van der Waals surface area contributed by atoms with Gasteiger partial charge < -0.3 is 5.32 Å². The van der Waals surface area contributed by atoms with Gasteiger partial charge in [0.25, 0.3) is 0 Å². The number of carbonyl (C=O) groups excluding carboxylic acids is 1. The molecule has 0 spiro atoms. The topological polar surface area (TPSA) is 29.1 Å². The Hall–Kier alpha value is -0.530. The standard InChI is InChI=1S/C10H15NO/c1-10-7-3-2-6(4-7)8(10)5-11-9(10)12/h6-8H,2-5H2,1H3,(H,11,12)/t6-,7-,8+,10-/m0/s1. The monoisotopic (exact) mass is 165 g/mol. The first kappa shape index (κ1) is 6.93. The summed E-state index contributed by atoms with van der Waals surface area (Å²) in [4.78, 5) is 11.7. The molecular weight excluding hydrogens is 150 g/mol. The molecule has 66 valence electrons. The first-order valence-corrected chi connectivity index (χ1v) is 5.01. The zero-order valence-electron chi connectivity index (χ0n) is 7.47. The Morgan fingerprint density at radius 1 is 1.50 bits per heavy atom. The lowest BCUT2D eigenvalue weighted by atomic mass is 9.69. The van der Waals surface area contributed by atoms with E-state index in [1.165, 1.54) is 19.3 Å². The predicted octanol–water partition coefficient (Wildman–Crippen LogP) is 1.17.